The summed E-state index contributed by atoms with van der Waals surface area (Å²) in [5, 5.41) is 4.19. The second kappa shape index (κ2) is 7.32. The molecule has 1 aliphatic rings. The number of nitrogens with zero attached hydrogens (tertiary/aromatic N) is 3. The second-order valence-electron chi connectivity index (χ2n) is 7.13. The first-order valence-electron chi connectivity index (χ1n) is 9.18. The minimum Gasteiger partial charge on any atom is -0.369 e. The number of benzene rings is 2. The standard InChI is InChI=1S/C20H21N5O3S/c1-29(27,28)15-7-5-14(6-8-15)25-10-9-13(11-25)24-20-17-4-2-3-16(19(21)26)18(17)22-12-23-20/h2-8,12-13H,9-11H2,1H3,(H2,21,26)(H,22,23,24). The summed E-state index contributed by atoms with van der Waals surface area (Å²) in [6.07, 6.45) is 3.52. The van der Waals surface area contributed by atoms with Gasteiger partial charge in [0.1, 0.15) is 12.1 Å². The molecule has 9 heteroatoms. The first-order valence-corrected chi connectivity index (χ1v) is 11.1. The van der Waals surface area contributed by atoms with Crippen LogP contribution >= 0.6 is 0 Å². The molecule has 3 aromatic rings. The molecule has 150 valence electrons. The Morgan fingerprint density at radius 1 is 1.17 bits per heavy atom. The van der Waals surface area contributed by atoms with Gasteiger partial charge in [0.25, 0.3) is 5.91 Å². The summed E-state index contributed by atoms with van der Waals surface area (Å²) in [7, 11) is -3.20. The van der Waals surface area contributed by atoms with Crippen molar-refractivity contribution in [2.24, 2.45) is 5.73 Å². The molecule has 3 N–H and O–H groups in total. The maximum Gasteiger partial charge on any atom is 0.250 e. The molecule has 1 aliphatic heterocycles. The van der Waals surface area contributed by atoms with Crippen molar-refractivity contribution in [3.63, 3.8) is 0 Å². The predicted octanol–water partition coefficient (Wildman–Crippen LogP) is 1.82. The van der Waals surface area contributed by atoms with Crippen LogP contribution in [0.5, 0.6) is 0 Å². The van der Waals surface area contributed by atoms with E-state index in [2.05, 4.69) is 20.2 Å². The van der Waals surface area contributed by atoms with E-state index in [4.69, 9.17) is 5.73 Å². The molecule has 1 saturated heterocycles. The first-order chi connectivity index (χ1) is 13.8. The topological polar surface area (TPSA) is 118 Å². The Morgan fingerprint density at radius 2 is 1.93 bits per heavy atom. The first kappa shape index (κ1) is 19.1. The van der Waals surface area contributed by atoms with Crippen molar-refractivity contribution >= 4 is 38.2 Å². The third-order valence-corrected chi connectivity index (χ3v) is 6.22. The van der Waals surface area contributed by atoms with Gasteiger partial charge in [0, 0.05) is 36.5 Å². The third-order valence-electron chi connectivity index (χ3n) is 5.09. The lowest BCUT2D eigenvalue weighted by atomic mass is 10.1. The fourth-order valence-electron chi connectivity index (χ4n) is 3.61. The average Bonchev–Trinajstić information content (AvgIpc) is 3.16. The number of anilines is 2. The van der Waals surface area contributed by atoms with Crippen molar-refractivity contribution in [2.75, 3.05) is 29.6 Å². The molecule has 1 fully saturated rings. The van der Waals surface area contributed by atoms with Crippen molar-refractivity contribution < 1.29 is 13.2 Å². The number of para-hydroxylation sites is 1. The molecule has 1 aromatic heterocycles. The number of fused-ring (bicyclic) bond motifs is 1. The van der Waals surface area contributed by atoms with Crippen LogP contribution in [-0.2, 0) is 9.84 Å². The molecule has 0 saturated carbocycles. The number of hydrogen-bond donors (Lipinski definition) is 2. The van der Waals surface area contributed by atoms with Crippen LogP contribution in [0.3, 0.4) is 0 Å². The minimum atomic E-state index is -3.20. The molecule has 8 nitrogen and oxygen atoms in total. The largest absolute Gasteiger partial charge is 0.369 e. The quantitative estimate of drug-likeness (QED) is 0.657. The van der Waals surface area contributed by atoms with Gasteiger partial charge in [-0.2, -0.15) is 0 Å². The van der Waals surface area contributed by atoms with Crippen LogP contribution in [-0.4, -0.2) is 49.7 Å². The fraction of sp³-hybridized carbons (Fsp3) is 0.250. The van der Waals surface area contributed by atoms with E-state index < -0.39 is 15.7 Å². The number of nitrogens with two attached hydrogens (primary N) is 1. The summed E-state index contributed by atoms with van der Waals surface area (Å²) in [6.45, 7) is 1.59. The molecule has 0 bridgehead atoms. The van der Waals surface area contributed by atoms with E-state index in [1.165, 1.54) is 12.6 Å². The number of sulfone groups is 1. The lowest BCUT2D eigenvalue weighted by Gasteiger charge is -2.20. The van der Waals surface area contributed by atoms with Crippen LogP contribution in [0.4, 0.5) is 11.5 Å². The maximum absolute atomic E-state index is 11.7. The zero-order chi connectivity index (χ0) is 20.6. The van der Waals surface area contributed by atoms with Crippen LogP contribution in [0, 0.1) is 0 Å². The van der Waals surface area contributed by atoms with Crippen LogP contribution in [0.2, 0.25) is 0 Å². The van der Waals surface area contributed by atoms with Gasteiger partial charge in [0.05, 0.1) is 16.0 Å². The predicted molar refractivity (Wildman–Crippen MR) is 112 cm³/mol. The van der Waals surface area contributed by atoms with E-state index in [-0.39, 0.29) is 6.04 Å². The van der Waals surface area contributed by atoms with Gasteiger partial charge in [-0.05, 0) is 42.8 Å². The van der Waals surface area contributed by atoms with Crippen LogP contribution in [0.25, 0.3) is 10.9 Å². The van der Waals surface area contributed by atoms with Gasteiger partial charge in [-0.15, -0.1) is 0 Å². The Labute approximate surface area is 168 Å². The summed E-state index contributed by atoms with van der Waals surface area (Å²) < 4.78 is 23.3. The molecule has 4 rings (SSSR count). The molecule has 29 heavy (non-hydrogen) atoms. The van der Waals surface area contributed by atoms with Crippen molar-refractivity contribution in [1.29, 1.82) is 0 Å². The van der Waals surface area contributed by atoms with Crippen molar-refractivity contribution in [3.05, 3.63) is 54.4 Å². The van der Waals surface area contributed by atoms with E-state index in [0.29, 0.717) is 21.8 Å². The Kier molecular flexibility index (Phi) is 4.83. The van der Waals surface area contributed by atoms with Gasteiger partial charge < -0.3 is 16.0 Å². The summed E-state index contributed by atoms with van der Waals surface area (Å²) in [6, 6.07) is 12.4. The summed E-state index contributed by atoms with van der Waals surface area (Å²) in [4.78, 5) is 22.7. The number of carbonyl (C=O) groups is 1. The molecule has 0 radical (unpaired) electrons. The summed E-state index contributed by atoms with van der Waals surface area (Å²) >= 11 is 0. The van der Waals surface area contributed by atoms with Gasteiger partial charge in [-0.1, -0.05) is 6.07 Å². The maximum atomic E-state index is 11.7. The molecule has 1 amide bonds. The lowest BCUT2D eigenvalue weighted by Crippen LogP contribution is -2.26. The number of aromatic nitrogens is 2. The Morgan fingerprint density at radius 3 is 2.62 bits per heavy atom. The van der Waals surface area contributed by atoms with Gasteiger partial charge >= 0.3 is 0 Å². The van der Waals surface area contributed by atoms with E-state index in [1.807, 2.05) is 18.2 Å². The van der Waals surface area contributed by atoms with Crippen LogP contribution in [0.15, 0.2) is 53.7 Å². The highest BCUT2D eigenvalue weighted by Gasteiger charge is 2.24. The Hall–Kier alpha value is -3.20. The van der Waals surface area contributed by atoms with Crippen LogP contribution < -0.4 is 16.0 Å². The zero-order valence-electron chi connectivity index (χ0n) is 15.9. The van der Waals surface area contributed by atoms with Crippen molar-refractivity contribution in [3.8, 4) is 0 Å². The average molecular weight is 411 g/mol. The molecular formula is C20H21N5O3S. The monoisotopic (exact) mass is 411 g/mol. The smallest absolute Gasteiger partial charge is 0.250 e. The van der Waals surface area contributed by atoms with Crippen molar-refractivity contribution in [1.82, 2.24) is 9.97 Å². The number of nitrogens with one attached hydrogen (secondary N) is 1. The number of primary amides is 1. The molecular weight excluding hydrogens is 390 g/mol. The normalized spacial score (nSPS) is 16.9. The zero-order valence-corrected chi connectivity index (χ0v) is 16.7. The number of carbonyl (C=O) groups excluding carboxylic acids is 1. The minimum absolute atomic E-state index is 0.153. The highest BCUT2D eigenvalue weighted by atomic mass is 32.2. The fourth-order valence-corrected chi connectivity index (χ4v) is 4.24. The highest BCUT2D eigenvalue weighted by Crippen LogP contribution is 2.26. The SMILES string of the molecule is CS(=O)(=O)c1ccc(N2CCC(Nc3ncnc4c(C(N)=O)cccc34)C2)cc1. The molecule has 1 atom stereocenters. The number of rotatable bonds is 5. The summed E-state index contributed by atoms with van der Waals surface area (Å²) in [5.41, 5.74) is 7.33. The van der Waals surface area contributed by atoms with Gasteiger partial charge in [0.2, 0.25) is 0 Å². The van der Waals surface area contributed by atoms with Crippen LogP contribution in [0.1, 0.15) is 16.8 Å². The van der Waals surface area contributed by atoms with Crippen molar-refractivity contribution in [2.45, 2.75) is 17.4 Å². The van der Waals surface area contributed by atoms with Gasteiger partial charge in [0.15, 0.2) is 9.84 Å². The third kappa shape index (κ3) is 3.86. The molecule has 1 unspecified atom stereocenters. The highest BCUT2D eigenvalue weighted by molar-refractivity contribution is 7.90. The number of amides is 1. The van der Waals surface area contributed by atoms with Gasteiger partial charge in [-0.3, -0.25) is 4.79 Å². The molecule has 0 spiro atoms. The van der Waals surface area contributed by atoms with Gasteiger partial charge in [-0.25, -0.2) is 18.4 Å². The lowest BCUT2D eigenvalue weighted by molar-refractivity contribution is 0.100. The summed E-state index contributed by atoms with van der Waals surface area (Å²) in [5.74, 6) is 0.141. The second-order valence-corrected chi connectivity index (χ2v) is 9.15. The van der Waals surface area contributed by atoms with E-state index in [9.17, 15) is 13.2 Å². The number of hydrogen-bond acceptors (Lipinski definition) is 7. The van der Waals surface area contributed by atoms with E-state index >= 15 is 0 Å². The Bertz CT molecular complexity index is 1180. The molecule has 2 heterocycles. The molecule has 0 aliphatic carbocycles. The molecule has 2 aromatic carbocycles. The van der Waals surface area contributed by atoms with E-state index in [0.717, 1.165) is 30.6 Å². The van der Waals surface area contributed by atoms with E-state index in [1.54, 1.807) is 24.3 Å². The Balaban J connectivity index is 1.52.